The Kier molecular flexibility index (Phi) is 5.92. The average molecular weight is 709 g/mol. The van der Waals surface area contributed by atoms with Gasteiger partial charge in [-0.3, -0.25) is 0 Å². The van der Waals surface area contributed by atoms with Crippen molar-refractivity contribution >= 4 is 108 Å². The molecule has 2 aromatic heterocycles. The molecule has 0 unspecified atom stereocenters. The number of para-hydroxylation sites is 2. The second kappa shape index (κ2) is 11.1. The van der Waals surface area contributed by atoms with Crippen LogP contribution in [0.2, 0.25) is 0 Å². The molecular weight excluding hydrogens is 677 g/mol. The molecule has 0 aliphatic rings. The van der Waals surface area contributed by atoms with Crippen molar-refractivity contribution in [2.75, 3.05) is 0 Å². The van der Waals surface area contributed by atoms with E-state index in [1.54, 1.807) is 0 Å². The molecule has 258 valence electrons. The van der Waals surface area contributed by atoms with Crippen LogP contribution >= 0.6 is 0 Å². The highest BCUT2D eigenvalue weighted by Gasteiger charge is 2.22. The number of aromatic nitrogens is 2. The van der Waals surface area contributed by atoms with Gasteiger partial charge in [0.05, 0.1) is 22.1 Å². The smallest absolute Gasteiger partial charge is 0.0788 e. The molecule has 0 fully saturated rings. The Morgan fingerprint density at radius 2 is 0.536 bits per heavy atom. The van der Waals surface area contributed by atoms with E-state index in [2.05, 4.69) is 203 Å². The summed E-state index contributed by atoms with van der Waals surface area (Å²) in [5.74, 6) is 0. The first-order valence-electron chi connectivity index (χ1n) is 19.4. The summed E-state index contributed by atoms with van der Waals surface area (Å²) in [4.78, 5) is 0. The van der Waals surface area contributed by atoms with Gasteiger partial charge in [0.15, 0.2) is 0 Å². The summed E-state index contributed by atoms with van der Waals surface area (Å²) in [6, 6.07) is 72.2. The highest BCUT2D eigenvalue weighted by molar-refractivity contribution is 6.25. The van der Waals surface area contributed by atoms with Gasteiger partial charge in [-0.25, -0.2) is 0 Å². The number of benzene rings is 11. The number of nitrogens with zero attached hydrogens (tertiary/aromatic N) is 2. The zero-order valence-corrected chi connectivity index (χ0v) is 30.4. The Morgan fingerprint density at radius 1 is 0.214 bits per heavy atom. The summed E-state index contributed by atoms with van der Waals surface area (Å²) in [6.07, 6.45) is 0. The van der Waals surface area contributed by atoms with Gasteiger partial charge in [-0.2, -0.15) is 0 Å². The normalized spacial score (nSPS) is 12.3. The van der Waals surface area contributed by atoms with E-state index in [9.17, 15) is 0 Å². The molecule has 13 aromatic rings. The average Bonchev–Trinajstić information content (AvgIpc) is 3.79. The van der Waals surface area contributed by atoms with E-state index in [0.717, 1.165) is 11.4 Å². The van der Waals surface area contributed by atoms with Gasteiger partial charge in [0.1, 0.15) is 0 Å². The van der Waals surface area contributed by atoms with Crippen molar-refractivity contribution < 1.29 is 0 Å². The third-order valence-corrected chi connectivity index (χ3v) is 12.4. The van der Waals surface area contributed by atoms with Gasteiger partial charge < -0.3 is 9.13 Å². The Labute approximate surface area is 321 Å². The van der Waals surface area contributed by atoms with Gasteiger partial charge in [-0.1, -0.05) is 158 Å². The van der Waals surface area contributed by atoms with Crippen LogP contribution in [0.25, 0.3) is 120 Å². The first kappa shape index (κ1) is 30.0. The van der Waals surface area contributed by atoms with Gasteiger partial charge in [-0.15, -0.1) is 0 Å². The van der Waals surface area contributed by atoms with E-state index in [0.29, 0.717) is 0 Å². The third kappa shape index (κ3) is 4.00. The predicted octanol–water partition coefficient (Wildman–Crippen LogP) is 14.8. The topological polar surface area (TPSA) is 9.86 Å². The van der Waals surface area contributed by atoms with Crippen molar-refractivity contribution in [1.29, 1.82) is 0 Å². The first-order valence-corrected chi connectivity index (χ1v) is 19.4. The van der Waals surface area contributed by atoms with E-state index >= 15 is 0 Å². The molecular formula is C54H32N2. The van der Waals surface area contributed by atoms with Gasteiger partial charge in [0.25, 0.3) is 0 Å². The SMILES string of the molecule is c1ccc2c(c1)ccc1c3cc(-n4c5ccccc5c5ccc6c7ccccc7n(-c7ccc8ccc9c%10ccccc%10ccc9c8c7)c6c54)ccc3ccc21. The van der Waals surface area contributed by atoms with Crippen LogP contribution in [0.4, 0.5) is 0 Å². The largest absolute Gasteiger partial charge is 0.307 e. The summed E-state index contributed by atoms with van der Waals surface area (Å²) in [6.45, 7) is 0. The minimum atomic E-state index is 1.16. The number of hydrogen-bond acceptors (Lipinski definition) is 0. The summed E-state index contributed by atoms with van der Waals surface area (Å²) in [5, 5.41) is 20.3. The van der Waals surface area contributed by atoms with Gasteiger partial charge in [0, 0.05) is 32.9 Å². The molecule has 0 amide bonds. The maximum absolute atomic E-state index is 2.52. The van der Waals surface area contributed by atoms with E-state index in [4.69, 9.17) is 0 Å². The zero-order valence-electron chi connectivity index (χ0n) is 30.4. The molecule has 11 aromatic carbocycles. The van der Waals surface area contributed by atoms with Crippen LogP contribution in [0.5, 0.6) is 0 Å². The van der Waals surface area contributed by atoms with E-state index in [-0.39, 0.29) is 0 Å². The highest BCUT2D eigenvalue weighted by Crippen LogP contribution is 2.43. The molecule has 2 nitrogen and oxygen atoms in total. The lowest BCUT2D eigenvalue weighted by Gasteiger charge is -2.15. The van der Waals surface area contributed by atoms with Crippen LogP contribution in [0.1, 0.15) is 0 Å². The minimum Gasteiger partial charge on any atom is -0.307 e. The number of rotatable bonds is 2. The predicted molar refractivity (Wildman–Crippen MR) is 240 cm³/mol. The lowest BCUT2D eigenvalue weighted by Crippen LogP contribution is -1.99. The summed E-state index contributed by atoms with van der Waals surface area (Å²) in [7, 11) is 0. The van der Waals surface area contributed by atoms with Crippen molar-refractivity contribution in [3.8, 4) is 11.4 Å². The zero-order chi connectivity index (χ0) is 36.5. The lowest BCUT2D eigenvalue weighted by molar-refractivity contribution is 1.15. The van der Waals surface area contributed by atoms with Crippen molar-refractivity contribution in [1.82, 2.24) is 9.13 Å². The summed E-state index contributed by atoms with van der Waals surface area (Å²) in [5.41, 5.74) is 7.15. The number of fused-ring (bicyclic) bond motifs is 17. The standard InChI is InChI=1S/C54H32N2/c1-3-11-39-33(9-1)19-27-43-41(39)25-21-35-17-23-37(31-49(35)43)55-51-15-7-5-13-45(51)47-29-30-48-46-14-6-8-16-52(46)56(54(48)53(47)55)38-24-18-36-22-26-42-40-12-4-2-10-34(40)20-28-44(42)50(36)32-38/h1-32H. The Balaban J connectivity index is 1.16. The van der Waals surface area contributed by atoms with Crippen LogP contribution in [-0.2, 0) is 0 Å². The van der Waals surface area contributed by atoms with Gasteiger partial charge in [0.2, 0.25) is 0 Å². The molecule has 2 heterocycles. The van der Waals surface area contributed by atoms with E-state index in [1.807, 2.05) is 0 Å². The first-order chi connectivity index (χ1) is 27.8. The van der Waals surface area contributed by atoms with Gasteiger partial charge >= 0.3 is 0 Å². The molecule has 0 saturated carbocycles. The molecule has 0 atom stereocenters. The summed E-state index contributed by atoms with van der Waals surface area (Å²) >= 11 is 0. The minimum absolute atomic E-state index is 1.16. The van der Waals surface area contributed by atoms with Crippen LogP contribution in [0.3, 0.4) is 0 Å². The highest BCUT2D eigenvalue weighted by atomic mass is 15.0. The second-order valence-corrected chi connectivity index (χ2v) is 15.3. The number of hydrogen-bond donors (Lipinski definition) is 0. The van der Waals surface area contributed by atoms with Crippen molar-refractivity contribution in [3.63, 3.8) is 0 Å². The quantitative estimate of drug-likeness (QED) is 0.158. The molecule has 13 rings (SSSR count). The molecule has 2 heteroatoms. The second-order valence-electron chi connectivity index (χ2n) is 15.3. The molecule has 0 radical (unpaired) electrons. The monoisotopic (exact) mass is 708 g/mol. The van der Waals surface area contributed by atoms with Crippen LogP contribution in [0, 0.1) is 0 Å². The fraction of sp³-hybridized carbons (Fsp3) is 0. The fourth-order valence-electron chi connectivity index (χ4n) is 9.93. The van der Waals surface area contributed by atoms with E-state index < -0.39 is 0 Å². The van der Waals surface area contributed by atoms with Gasteiger partial charge in [-0.05, 0) is 101 Å². The Morgan fingerprint density at radius 3 is 0.982 bits per heavy atom. The van der Waals surface area contributed by atoms with Crippen molar-refractivity contribution in [2.45, 2.75) is 0 Å². The molecule has 0 aliphatic heterocycles. The van der Waals surface area contributed by atoms with Crippen molar-refractivity contribution in [3.05, 3.63) is 194 Å². The maximum atomic E-state index is 2.52. The molecule has 0 spiro atoms. The Hall–Kier alpha value is -7.42. The lowest BCUT2D eigenvalue weighted by atomic mass is 9.97. The fourth-order valence-corrected chi connectivity index (χ4v) is 9.93. The molecule has 56 heavy (non-hydrogen) atoms. The maximum Gasteiger partial charge on any atom is 0.0788 e. The molecule has 0 aliphatic carbocycles. The summed E-state index contributed by atoms with van der Waals surface area (Å²) < 4.78 is 5.04. The molecule has 0 bridgehead atoms. The van der Waals surface area contributed by atoms with Crippen LogP contribution in [-0.4, -0.2) is 9.13 Å². The van der Waals surface area contributed by atoms with Crippen LogP contribution < -0.4 is 0 Å². The molecule has 0 saturated heterocycles. The molecule has 0 N–H and O–H groups in total. The Bertz CT molecular complexity index is 3570. The third-order valence-electron chi connectivity index (χ3n) is 12.4. The van der Waals surface area contributed by atoms with E-state index in [1.165, 1.54) is 108 Å². The van der Waals surface area contributed by atoms with Crippen molar-refractivity contribution in [2.24, 2.45) is 0 Å². The van der Waals surface area contributed by atoms with Crippen LogP contribution in [0.15, 0.2) is 194 Å².